The molecule has 0 bridgehead atoms. The van der Waals surface area contributed by atoms with Crippen LogP contribution in [0.1, 0.15) is 19.3 Å². The Labute approximate surface area is 64.2 Å². The van der Waals surface area contributed by atoms with Crippen LogP contribution in [0.25, 0.3) is 0 Å². The second kappa shape index (κ2) is 2.74. The van der Waals surface area contributed by atoms with Gasteiger partial charge in [-0.25, -0.2) is 4.79 Å². The number of aliphatic carboxylic acids is 1. The molecule has 4 heteroatoms. The highest BCUT2D eigenvalue weighted by Crippen LogP contribution is 2.22. The Morgan fingerprint density at radius 3 is 2.55 bits per heavy atom. The minimum Gasteiger partial charge on any atom is -0.477 e. The first-order valence-electron chi connectivity index (χ1n) is 3.42. The molecular weight excluding hydrogens is 144 g/mol. The van der Waals surface area contributed by atoms with Gasteiger partial charge in [-0.15, -0.1) is 0 Å². The minimum atomic E-state index is -1.12. The van der Waals surface area contributed by atoms with Gasteiger partial charge in [0.1, 0.15) is 5.70 Å². The Kier molecular flexibility index (Phi) is 1.94. The van der Waals surface area contributed by atoms with Crippen molar-refractivity contribution in [2.75, 3.05) is 0 Å². The van der Waals surface area contributed by atoms with Gasteiger partial charge in [0, 0.05) is 11.3 Å². The van der Waals surface area contributed by atoms with Crippen molar-refractivity contribution in [2.45, 2.75) is 19.3 Å². The van der Waals surface area contributed by atoms with Crippen LogP contribution in [0.15, 0.2) is 11.3 Å². The number of allylic oxidation sites excluding steroid dienone is 1. The lowest BCUT2D eigenvalue weighted by Crippen LogP contribution is -2.14. The maximum absolute atomic E-state index is 10.4. The van der Waals surface area contributed by atoms with Crippen LogP contribution in [-0.4, -0.2) is 16.8 Å². The van der Waals surface area contributed by atoms with Crippen LogP contribution in [0.4, 0.5) is 0 Å². The summed E-state index contributed by atoms with van der Waals surface area (Å²) in [6.45, 7) is 0. The highest BCUT2D eigenvalue weighted by atomic mass is 16.4. The van der Waals surface area contributed by atoms with Crippen molar-refractivity contribution < 1.29 is 9.90 Å². The molecule has 0 spiro atoms. The number of hydrogen-bond donors (Lipinski definition) is 3. The van der Waals surface area contributed by atoms with Crippen LogP contribution in [0.5, 0.6) is 0 Å². The standard InChI is InChI=1S/C7H10N2O2/c8-5-3-1-2-4(5)6(9)7(10)11/h8H,1-3,9H2,(H,10,11). The smallest absolute Gasteiger partial charge is 0.352 e. The van der Waals surface area contributed by atoms with Gasteiger partial charge >= 0.3 is 5.97 Å². The molecule has 0 heterocycles. The zero-order valence-electron chi connectivity index (χ0n) is 6.05. The summed E-state index contributed by atoms with van der Waals surface area (Å²) in [5.74, 6) is -1.12. The molecule has 0 aliphatic heterocycles. The predicted octanol–water partition coefficient (Wildman–Crippen LogP) is 0.487. The van der Waals surface area contributed by atoms with Gasteiger partial charge in [-0.2, -0.15) is 0 Å². The van der Waals surface area contributed by atoms with E-state index >= 15 is 0 Å². The summed E-state index contributed by atoms with van der Waals surface area (Å²) in [6.07, 6.45) is 2.14. The van der Waals surface area contributed by atoms with Crippen LogP contribution in [0.2, 0.25) is 0 Å². The molecule has 0 radical (unpaired) electrons. The number of rotatable bonds is 1. The lowest BCUT2D eigenvalue weighted by Gasteiger charge is -1.99. The van der Waals surface area contributed by atoms with E-state index in [0.29, 0.717) is 24.1 Å². The second-order valence-electron chi connectivity index (χ2n) is 2.53. The van der Waals surface area contributed by atoms with Gasteiger partial charge in [0.25, 0.3) is 0 Å². The predicted molar refractivity (Wildman–Crippen MR) is 40.4 cm³/mol. The monoisotopic (exact) mass is 154 g/mol. The van der Waals surface area contributed by atoms with Crippen molar-refractivity contribution in [1.29, 1.82) is 5.41 Å². The third kappa shape index (κ3) is 1.39. The van der Waals surface area contributed by atoms with Crippen LogP contribution < -0.4 is 5.73 Å². The fourth-order valence-electron chi connectivity index (χ4n) is 1.17. The van der Waals surface area contributed by atoms with E-state index < -0.39 is 5.97 Å². The van der Waals surface area contributed by atoms with Gasteiger partial charge in [-0.05, 0) is 19.3 Å². The number of carbonyl (C=O) groups is 1. The summed E-state index contributed by atoms with van der Waals surface area (Å²) in [5.41, 5.74) is 5.98. The Morgan fingerprint density at radius 2 is 2.18 bits per heavy atom. The first-order chi connectivity index (χ1) is 5.13. The van der Waals surface area contributed by atoms with Gasteiger partial charge in [0.15, 0.2) is 0 Å². The van der Waals surface area contributed by atoms with Crippen molar-refractivity contribution in [2.24, 2.45) is 5.73 Å². The second-order valence-corrected chi connectivity index (χ2v) is 2.53. The summed E-state index contributed by atoms with van der Waals surface area (Å²) in [6, 6.07) is 0. The van der Waals surface area contributed by atoms with Gasteiger partial charge in [-0.3, -0.25) is 0 Å². The molecule has 11 heavy (non-hydrogen) atoms. The van der Waals surface area contributed by atoms with Gasteiger partial charge in [0.2, 0.25) is 0 Å². The molecule has 4 N–H and O–H groups in total. The van der Waals surface area contributed by atoms with E-state index in [1.165, 1.54) is 0 Å². The topological polar surface area (TPSA) is 87.2 Å². The lowest BCUT2D eigenvalue weighted by atomic mass is 10.1. The highest BCUT2D eigenvalue weighted by molar-refractivity contribution is 6.05. The number of carboxylic acids is 1. The summed E-state index contributed by atoms with van der Waals surface area (Å²) >= 11 is 0. The zero-order valence-corrected chi connectivity index (χ0v) is 6.05. The van der Waals surface area contributed by atoms with Crippen LogP contribution in [-0.2, 0) is 4.79 Å². The van der Waals surface area contributed by atoms with Gasteiger partial charge in [-0.1, -0.05) is 0 Å². The minimum absolute atomic E-state index is 0.160. The molecule has 0 unspecified atom stereocenters. The van der Waals surface area contributed by atoms with E-state index in [-0.39, 0.29) is 5.70 Å². The zero-order chi connectivity index (χ0) is 8.43. The van der Waals surface area contributed by atoms with Crippen LogP contribution in [0, 0.1) is 5.41 Å². The molecule has 0 aromatic heterocycles. The normalized spacial score (nSPS) is 22.0. The maximum Gasteiger partial charge on any atom is 0.352 e. The maximum atomic E-state index is 10.4. The number of nitrogens with two attached hydrogens (primary N) is 1. The molecule has 0 amide bonds. The molecule has 1 aliphatic rings. The van der Waals surface area contributed by atoms with Crippen molar-refractivity contribution in [3.05, 3.63) is 11.3 Å². The lowest BCUT2D eigenvalue weighted by molar-refractivity contribution is -0.132. The van der Waals surface area contributed by atoms with Crippen molar-refractivity contribution in [1.82, 2.24) is 0 Å². The Hall–Kier alpha value is -1.32. The first kappa shape index (κ1) is 7.78. The Bertz CT molecular complexity index is 243. The fraction of sp³-hybridized carbons (Fsp3) is 0.429. The van der Waals surface area contributed by atoms with E-state index in [2.05, 4.69) is 0 Å². The molecule has 1 saturated carbocycles. The fourth-order valence-corrected chi connectivity index (χ4v) is 1.17. The van der Waals surface area contributed by atoms with E-state index in [9.17, 15) is 4.79 Å². The van der Waals surface area contributed by atoms with Gasteiger partial charge < -0.3 is 16.2 Å². The Morgan fingerprint density at radius 1 is 1.55 bits per heavy atom. The first-order valence-corrected chi connectivity index (χ1v) is 3.42. The molecule has 1 aliphatic carbocycles. The third-order valence-electron chi connectivity index (χ3n) is 1.77. The quantitative estimate of drug-likeness (QED) is 0.480. The summed E-state index contributed by atoms with van der Waals surface area (Å²) in [5, 5.41) is 15.8. The van der Waals surface area contributed by atoms with E-state index in [0.717, 1.165) is 6.42 Å². The van der Waals surface area contributed by atoms with Crippen LogP contribution in [0.3, 0.4) is 0 Å². The van der Waals surface area contributed by atoms with Crippen molar-refractivity contribution in [3.8, 4) is 0 Å². The number of nitrogens with one attached hydrogen (secondary N) is 1. The number of carboxylic acid groups (broad SMARTS) is 1. The third-order valence-corrected chi connectivity index (χ3v) is 1.77. The summed E-state index contributed by atoms with van der Waals surface area (Å²) < 4.78 is 0. The van der Waals surface area contributed by atoms with Crippen molar-refractivity contribution >= 4 is 11.7 Å². The average Bonchev–Trinajstić information content (AvgIpc) is 2.33. The molecule has 0 atom stereocenters. The molecule has 1 fully saturated rings. The van der Waals surface area contributed by atoms with Gasteiger partial charge in [0.05, 0.1) is 0 Å². The van der Waals surface area contributed by atoms with Crippen LogP contribution >= 0.6 is 0 Å². The van der Waals surface area contributed by atoms with E-state index in [1.807, 2.05) is 0 Å². The summed E-state index contributed by atoms with van der Waals surface area (Å²) in [7, 11) is 0. The molecular formula is C7H10N2O2. The molecule has 0 saturated heterocycles. The highest BCUT2D eigenvalue weighted by Gasteiger charge is 2.19. The molecule has 60 valence electrons. The number of hydrogen-bond acceptors (Lipinski definition) is 3. The summed E-state index contributed by atoms with van der Waals surface area (Å²) in [4.78, 5) is 10.4. The molecule has 4 nitrogen and oxygen atoms in total. The SMILES string of the molecule is N=C1CCCC1=C(N)C(=O)O. The van der Waals surface area contributed by atoms with E-state index in [4.69, 9.17) is 16.2 Å². The average molecular weight is 154 g/mol. The largest absolute Gasteiger partial charge is 0.477 e. The molecule has 0 aromatic carbocycles. The molecule has 1 rings (SSSR count). The van der Waals surface area contributed by atoms with E-state index in [1.54, 1.807) is 0 Å². The Balaban J connectivity index is 2.94. The van der Waals surface area contributed by atoms with Crippen molar-refractivity contribution in [3.63, 3.8) is 0 Å². The molecule has 0 aromatic rings.